The van der Waals surface area contributed by atoms with Crippen molar-refractivity contribution in [2.75, 3.05) is 0 Å². The lowest BCUT2D eigenvalue weighted by molar-refractivity contribution is 0.669. The molecule has 0 radical (unpaired) electrons. The summed E-state index contributed by atoms with van der Waals surface area (Å²) >= 11 is 0. The Morgan fingerprint density at radius 2 is 0.895 bits per heavy atom. The lowest BCUT2D eigenvalue weighted by atomic mass is 10.0. The zero-order valence-electron chi connectivity index (χ0n) is 30.5. The molecule has 0 spiro atoms. The summed E-state index contributed by atoms with van der Waals surface area (Å²) in [6, 6.07) is 65.6. The number of benzene rings is 8. The normalized spacial score (nSPS) is 11.9. The van der Waals surface area contributed by atoms with E-state index in [4.69, 9.17) is 19.4 Å². The molecule has 0 aliphatic heterocycles. The van der Waals surface area contributed by atoms with E-state index in [9.17, 15) is 0 Å². The summed E-state index contributed by atoms with van der Waals surface area (Å²) in [5, 5.41) is 6.63. The standard InChI is InChI=1S/C51H31N5O/c1-3-16-32(17-4-1)34-20-7-11-26-42(34)55-43-27-12-8-21-35(43)38-30-31-39-36-22-9-13-28-44(36)56(47(39)46(38)55)51-53-49(33-18-5-2-6-19-33)52-50(54-51)41-25-15-24-40-37-23-10-14-29-45(37)57-48(40)41/h1-31H. The number of nitrogens with zero attached hydrogens (tertiary/aromatic N) is 5. The van der Waals surface area contributed by atoms with Crippen molar-refractivity contribution in [3.63, 3.8) is 0 Å². The summed E-state index contributed by atoms with van der Waals surface area (Å²) in [4.78, 5) is 15.9. The van der Waals surface area contributed by atoms with Crippen molar-refractivity contribution in [3.05, 3.63) is 188 Å². The van der Waals surface area contributed by atoms with Gasteiger partial charge in [0.2, 0.25) is 5.95 Å². The minimum Gasteiger partial charge on any atom is -0.455 e. The van der Waals surface area contributed by atoms with Gasteiger partial charge >= 0.3 is 0 Å². The molecule has 0 bridgehead atoms. The molecule has 8 aromatic carbocycles. The minimum absolute atomic E-state index is 0.527. The van der Waals surface area contributed by atoms with Crippen molar-refractivity contribution in [1.82, 2.24) is 24.1 Å². The van der Waals surface area contributed by atoms with E-state index in [1.54, 1.807) is 0 Å². The molecule has 57 heavy (non-hydrogen) atoms. The van der Waals surface area contributed by atoms with Crippen molar-refractivity contribution < 1.29 is 4.42 Å². The molecule has 6 heteroatoms. The summed E-state index contributed by atoms with van der Waals surface area (Å²) in [7, 11) is 0. The maximum absolute atomic E-state index is 6.55. The highest BCUT2D eigenvalue weighted by Crippen LogP contribution is 2.43. The summed E-state index contributed by atoms with van der Waals surface area (Å²) in [5.41, 5.74) is 10.9. The Morgan fingerprint density at radius 3 is 1.65 bits per heavy atom. The predicted molar refractivity (Wildman–Crippen MR) is 232 cm³/mol. The fourth-order valence-electron chi connectivity index (χ4n) is 8.71. The number of fused-ring (bicyclic) bond motifs is 10. The number of hydrogen-bond acceptors (Lipinski definition) is 4. The van der Waals surface area contributed by atoms with Crippen LogP contribution in [0.4, 0.5) is 0 Å². The first-order valence-corrected chi connectivity index (χ1v) is 19.1. The molecule has 0 atom stereocenters. The Morgan fingerprint density at radius 1 is 0.351 bits per heavy atom. The molecule has 0 saturated heterocycles. The highest BCUT2D eigenvalue weighted by atomic mass is 16.3. The van der Waals surface area contributed by atoms with Crippen LogP contribution >= 0.6 is 0 Å². The van der Waals surface area contributed by atoms with E-state index in [-0.39, 0.29) is 0 Å². The molecule has 4 heterocycles. The van der Waals surface area contributed by atoms with Gasteiger partial charge in [-0.3, -0.25) is 4.57 Å². The molecular formula is C51H31N5O. The van der Waals surface area contributed by atoms with Gasteiger partial charge < -0.3 is 8.98 Å². The first-order chi connectivity index (χ1) is 28.3. The summed E-state index contributed by atoms with van der Waals surface area (Å²) in [6.45, 7) is 0. The molecule has 0 unspecified atom stereocenters. The second-order valence-corrected chi connectivity index (χ2v) is 14.4. The maximum atomic E-state index is 6.55. The first kappa shape index (κ1) is 31.5. The second-order valence-electron chi connectivity index (χ2n) is 14.4. The largest absolute Gasteiger partial charge is 0.455 e. The van der Waals surface area contributed by atoms with Crippen molar-refractivity contribution in [3.8, 4) is 45.5 Å². The van der Waals surface area contributed by atoms with Gasteiger partial charge in [0, 0.05) is 43.4 Å². The van der Waals surface area contributed by atoms with Crippen LogP contribution in [-0.2, 0) is 0 Å². The molecule has 6 nitrogen and oxygen atoms in total. The van der Waals surface area contributed by atoms with Crippen molar-refractivity contribution in [2.45, 2.75) is 0 Å². The summed E-state index contributed by atoms with van der Waals surface area (Å²) in [5.74, 6) is 1.65. The van der Waals surface area contributed by atoms with Crippen molar-refractivity contribution in [1.29, 1.82) is 0 Å². The van der Waals surface area contributed by atoms with Gasteiger partial charge in [-0.1, -0.05) is 158 Å². The Balaban J connectivity index is 1.23. The van der Waals surface area contributed by atoms with Crippen LogP contribution in [0.15, 0.2) is 192 Å². The zero-order valence-corrected chi connectivity index (χ0v) is 30.5. The molecule has 0 saturated carbocycles. The molecule has 266 valence electrons. The average molecular weight is 730 g/mol. The number of rotatable bonds is 5. The molecule has 12 aromatic rings. The zero-order chi connectivity index (χ0) is 37.5. The second kappa shape index (κ2) is 12.3. The number of hydrogen-bond donors (Lipinski definition) is 0. The lowest BCUT2D eigenvalue weighted by Crippen LogP contribution is -2.07. The van der Waals surface area contributed by atoms with E-state index in [0.717, 1.165) is 88.1 Å². The Hall–Kier alpha value is -7.83. The number of furan rings is 1. The van der Waals surface area contributed by atoms with Gasteiger partial charge in [-0.05, 0) is 35.9 Å². The number of para-hydroxylation sites is 5. The van der Waals surface area contributed by atoms with Crippen LogP contribution in [0.3, 0.4) is 0 Å². The van der Waals surface area contributed by atoms with Crippen molar-refractivity contribution in [2.24, 2.45) is 0 Å². The molecule has 0 aliphatic rings. The van der Waals surface area contributed by atoms with E-state index in [1.807, 2.05) is 54.6 Å². The monoisotopic (exact) mass is 729 g/mol. The fourth-order valence-corrected chi connectivity index (χ4v) is 8.71. The highest BCUT2D eigenvalue weighted by molar-refractivity contribution is 6.24. The first-order valence-electron chi connectivity index (χ1n) is 19.1. The van der Waals surface area contributed by atoms with Crippen LogP contribution in [0, 0.1) is 0 Å². The third kappa shape index (κ3) is 4.74. The van der Waals surface area contributed by atoms with Crippen LogP contribution in [0.25, 0.3) is 111 Å². The van der Waals surface area contributed by atoms with E-state index < -0.39 is 0 Å². The topological polar surface area (TPSA) is 61.7 Å². The van der Waals surface area contributed by atoms with Crippen molar-refractivity contribution >= 4 is 65.6 Å². The Labute approximate surface area is 326 Å². The Kier molecular flexibility index (Phi) is 6.83. The molecule has 0 amide bonds. The van der Waals surface area contributed by atoms with Crippen LogP contribution < -0.4 is 0 Å². The smallest absolute Gasteiger partial charge is 0.238 e. The van der Waals surface area contributed by atoms with E-state index in [1.165, 1.54) is 5.39 Å². The van der Waals surface area contributed by atoms with Crippen LogP contribution in [0.2, 0.25) is 0 Å². The highest BCUT2D eigenvalue weighted by Gasteiger charge is 2.25. The molecule has 0 N–H and O–H groups in total. The minimum atomic E-state index is 0.527. The quantitative estimate of drug-likeness (QED) is 0.177. The van der Waals surface area contributed by atoms with Crippen LogP contribution in [0.1, 0.15) is 0 Å². The molecule has 0 fully saturated rings. The van der Waals surface area contributed by atoms with E-state index >= 15 is 0 Å². The molecule has 0 aliphatic carbocycles. The molecule has 4 aromatic heterocycles. The predicted octanol–water partition coefficient (Wildman–Crippen LogP) is 13.0. The third-order valence-corrected chi connectivity index (χ3v) is 11.2. The fraction of sp³-hybridized carbons (Fsp3) is 0. The van der Waals surface area contributed by atoms with Gasteiger partial charge in [-0.15, -0.1) is 0 Å². The summed E-state index contributed by atoms with van der Waals surface area (Å²) in [6.07, 6.45) is 0. The van der Waals surface area contributed by atoms with Gasteiger partial charge in [0.05, 0.1) is 33.3 Å². The Bertz CT molecular complexity index is 3520. The van der Waals surface area contributed by atoms with Gasteiger partial charge in [0.1, 0.15) is 11.2 Å². The van der Waals surface area contributed by atoms with Gasteiger partial charge in [-0.25, -0.2) is 4.98 Å². The average Bonchev–Trinajstić information content (AvgIpc) is 3.95. The molecule has 12 rings (SSSR count). The van der Waals surface area contributed by atoms with Crippen LogP contribution in [0.5, 0.6) is 0 Å². The van der Waals surface area contributed by atoms with Gasteiger partial charge in [0.25, 0.3) is 0 Å². The van der Waals surface area contributed by atoms with Gasteiger partial charge in [0.15, 0.2) is 11.6 Å². The van der Waals surface area contributed by atoms with Crippen LogP contribution in [-0.4, -0.2) is 24.1 Å². The maximum Gasteiger partial charge on any atom is 0.238 e. The van der Waals surface area contributed by atoms with Gasteiger partial charge in [-0.2, -0.15) is 9.97 Å². The van der Waals surface area contributed by atoms with E-state index in [0.29, 0.717) is 17.6 Å². The SMILES string of the molecule is c1ccc(-c2nc(-c3cccc4c3oc3ccccc34)nc(-n3c4ccccc4c4ccc5c6ccccc6n(-c6ccccc6-c6ccccc6)c5c43)n2)cc1. The number of aromatic nitrogens is 5. The lowest BCUT2D eigenvalue weighted by Gasteiger charge is -2.16. The summed E-state index contributed by atoms with van der Waals surface area (Å²) < 4.78 is 11.2. The third-order valence-electron chi connectivity index (χ3n) is 11.2. The van der Waals surface area contributed by atoms with E-state index in [2.05, 4.69) is 143 Å². The molecular weight excluding hydrogens is 699 g/mol.